The van der Waals surface area contributed by atoms with Crippen molar-refractivity contribution in [3.8, 4) is 0 Å². The lowest BCUT2D eigenvalue weighted by atomic mass is 10.1. The van der Waals surface area contributed by atoms with E-state index in [-0.39, 0.29) is 6.03 Å². The van der Waals surface area contributed by atoms with Gasteiger partial charge in [0.15, 0.2) is 0 Å². The predicted molar refractivity (Wildman–Crippen MR) is 95.4 cm³/mol. The molecule has 0 spiro atoms. The second-order valence-corrected chi connectivity index (χ2v) is 6.14. The van der Waals surface area contributed by atoms with Gasteiger partial charge in [-0.3, -0.25) is 0 Å². The zero-order valence-electron chi connectivity index (χ0n) is 12.9. The zero-order valence-corrected chi connectivity index (χ0v) is 14.5. The normalized spacial score (nSPS) is 10.3. The third-order valence-electron chi connectivity index (χ3n) is 3.59. The van der Waals surface area contributed by atoms with Gasteiger partial charge in [0.1, 0.15) is 0 Å². The number of para-hydroxylation sites is 1. The molecule has 0 atom stereocenters. The van der Waals surface area contributed by atoms with Crippen molar-refractivity contribution < 1.29 is 4.79 Å². The summed E-state index contributed by atoms with van der Waals surface area (Å²) in [6.07, 6.45) is 1.71. The summed E-state index contributed by atoms with van der Waals surface area (Å²) < 4.78 is 1.06. The number of rotatable bonds is 5. The number of hydrogen-bond acceptors (Lipinski definition) is 1. The summed E-state index contributed by atoms with van der Waals surface area (Å²) in [7, 11) is 0. The van der Waals surface area contributed by atoms with Crippen LogP contribution in [0.4, 0.5) is 10.5 Å². The van der Waals surface area contributed by atoms with E-state index in [4.69, 9.17) is 0 Å². The molecule has 116 valence electrons. The smallest absolute Gasteiger partial charge is 0.319 e. The van der Waals surface area contributed by atoms with Crippen molar-refractivity contribution in [3.05, 3.63) is 63.6 Å². The highest BCUT2D eigenvalue weighted by molar-refractivity contribution is 9.10. The molecule has 4 heteroatoms. The number of halogens is 1. The van der Waals surface area contributed by atoms with Crippen molar-refractivity contribution in [2.75, 3.05) is 11.9 Å². The van der Waals surface area contributed by atoms with Gasteiger partial charge in [0, 0.05) is 16.7 Å². The Morgan fingerprint density at radius 3 is 2.55 bits per heavy atom. The molecule has 0 unspecified atom stereocenters. The SMILES string of the molecule is CCc1cccc(C)c1NC(=O)NCCc1ccc(Br)cc1. The average molecular weight is 361 g/mol. The predicted octanol–water partition coefficient (Wildman–Crippen LogP) is 4.68. The van der Waals surface area contributed by atoms with Crippen molar-refractivity contribution >= 4 is 27.6 Å². The molecule has 2 aromatic carbocycles. The molecule has 2 amide bonds. The van der Waals surface area contributed by atoms with Gasteiger partial charge in [0.05, 0.1) is 0 Å². The van der Waals surface area contributed by atoms with Crippen LogP contribution in [-0.4, -0.2) is 12.6 Å². The third kappa shape index (κ3) is 4.60. The minimum absolute atomic E-state index is 0.152. The number of anilines is 1. The van der Waals surface area contributed by atoms with Crippen LogP contribution in [0.15, 0.2) is 46.9 Å². The molecule has 0 aliphatic heterocycles. The molecule has 0 radical (unpaired) electrons. The van der Waals surface area contributed by atoms with Crippen LogP contribution in [-0.2, 0) is 12.8 Å². The van der Waals surface area contributed by atoms with Crippen LogP contribution in [0.1, 0.15) is 23.6 Å². The summed E-state index contributed by atoms with van der Waals surface area (Å²) in [4.78, 5) is 12.0. The molecule has 0 aliphatic carbocycles. The molecule has 3 nitrogen and oxygen atoms in total. The van der Waals surface area contributed by atoms with Gasteiger partial charge in [-0.25, -0.2) is 4.79 Å². The van der Waals surface area contributed by atoms with Crippen LogP contribution in [0.5, 0.6) is 0 Å². The van der Waals surface area contributed by atoms with Crippen molar-refractivity contribution in [1.29, 1.82) is 0 Å². The number of urea groups is 1. The largest absolute Gasteiger partial charge is 0.338 e. The van der Waals surface area contributed by atoms with E-state index in [0.29, 0.717) is 6.54 Å². The topological polar surface area (TPSA) is 41.1 Å². The first-order chi connectivity index (χ1) is 10.6. The van der Waals surface area contributed by atoms with Crippen LogP contribution in [0.2, 0.25) is 0 Å². The maximum absolute atomic E-state index is 12.0. The van der Waals surface area contributed by atoms with E-state index in [1.165, 1.54) is 5.56 Å². The quantitative estimate of drug-likeness (QED) is 0.797. The molecule has 2 aromatic rings. The Labute approximate surface area is 140 Å². The van der Waals surface area contributed by atoms with Crippen molar-refractivity contribution in [1.82, 2.24) is 5.32 Å². The maximum atomic E-state index is 12.0. The molecule has 0 bridgehead atoms. The molecule has 0 heterocycles. The van der Waals surface area contributed by atoms with Gasteiger partial charge in [-0.2, -0.15) is 0 Å². The van der Waals surface area contributed by atoms with Crippen molar-refractivity contribution in [3.63, 3.8) is 0 Å². The minimum atomic E-state index is -0.152. The maximum Gasteiger partial charge on any atom is 0.319 e. The number of carbonyl (C=O) groups is 1. The van der Waals surface area contributed by atoms with E-state index in [1.54, 1.807) is 0 Å². The van der Waals surface area contributed by atoms with E-state index in [2.05, 4.69) is 45.6 Å². The summed E-state index contributed by atoms with van der Waals surface area (Å²) in [6, 6.07) is 14.1. The molecule has 2 N–H and O–H groups in total. The first-order valence-electron chi connectivity index (χ1n) is 7.48. The first kappa shape index (κ1) is 16.6. The lowest BCUT2D eigenvalue weighted by molar-refractivity contribution is 0.252. The van der Waals surface area contributed by atoms with Gasteiger partial charge >= 0.3 is 6.03 Å². The molecule has 0 saturated carbocycles. The van der Waals surface area contributed by atoms with Gasteiger partial charge in [-0.05, 0) is 48.6 Å². The van der Waals surface area contributed by atoms with E-state index in [9.17, 15) is 4.79 Å². The second-order valence-electron chi connectivity index (χ2n) is 5.22. The molecule has 22 heavy (non-hydrogen) atoms. The second kappa shape index (κ2) is 7.99. The minimum Gasteiger partial charge on any atom is -0.338 e. The molecule has 2 rings (SSSR count). The van der Waals surface area contributed by atoms with E-state index in [1.807, 2.05) is 37.3 Å². The highest BCUT2D eigenvalue weighted by atomic mass is 79.9. The Balaban J connectivity index is 1.87. The number of hydrogen-bond donors (Lipinski definition) is 2. The molecule has 0 aromatic heterocycles. The van der Waals surface area contributed by atoms with Crippen LogP contribution < -0.4 is 10.6 Å². The molecule has 0 fully saturated rings. The molecular weight excluding hydrogens is 340 g/mol. The summed E-state index contributed by atoms with van der Waals surface area (Å²) in [5.74, 6) is 0. The summed E-state index contributed by atoms with van der Waals surface area (Å²) in [6.45, 7) is 4.71. The van der Waals surface area contributed by atoms with Gasteiger partial charge in [-0.1, -0.05) is 53.2 Å². The van der Waals surface area contributed by atoms with E-state index in [0.717, 1.165) is 34.1 Å². The Kier molecular flexibility index (Phi) is 6.01. The van der Waals surface area contributed by atoms with Crippen LogP contribution >= 0.6 is 15.9 Å². The van der Waals surface area contributed by atoms with Crippen molar-refractivity contribution in [2.45, 2.75) is 26.7 Å². The molecular formula is C18H21BrN2O. The highest BCUT2D eigenvalue weighted by Gasteiger charge is 2.07. The first-order valence-corrected chi connectivity index (χ1v) is 8.27. The number of carbonyl (C=O) groups excluding carboxylic acids is 1. The Morgan fingerprint density at radius 1 is 1.14 bits per heavy atom. The third-order valence-corrected chi connectivity index (χ3v) is 4.12. The van der Waals surface area contributed by atoms with Gasteiger partial charge in [-0.15, -0.1) is 0 Å². The monoisotopic (exact) mass is 360 g/mol. The Bertz CT molecular complexity index is 638. The number of amides is 2. The van der Waals surface area contributed by atoms with Crippen LogP contribution in [0, 0.1) is 6.92 Å². The van der Waals surface area contributed by atoms with Gasteiger partial charge < -0.3 is 10.6 Å². The van der Waals surface area contributed by atoms with Crippen LogP contribution in [0.3, 0.4) is 0 Å². The number of aryl methyl sites for hydroxylation is 2. The highest BCUT2D eigenvalue weighted by Crippen LogP contribution is 2.20. The standard InChI is InChI=1S/C18H21BrN2O/c1-3-15-6-4-5-13(2)17(15)21-18(22)20-12-11-14-7-9-16(19)10-8-14/h4-10H,3,11-12H2,1-2H3,(H2,20,21,22). The number of nitrogens with one attached hydrogen (secondary N) is 2. The zero-order chi connectivity index (χ0) is 15.9. The fraction of sp³-hybridized carbons (Fsp3) is 0.278. The van der Waals surface area contributed by atoms with Crippen LogP contribution in [0.25, 0.3) is 0 Å². The fourth-order valence-corrected chi connectivity index (χ4v) is 2.60. The number of benzene rings is 2. The molecule has 0 saturated heterocycles. The van der Waals surface area contributed by atoms with Gasteiger partial charge in [0.25, 0.3) is 0 Å². The lowest BCUT2D eigenvalue weighted by Gasteiger charge is -2.13. The van der Waals surface area contributed by atoms with Gasteiger partial charge in [0.2, 0.25) is 0 Å². The summed E-state index contributed by atoms with van der Waals surface area (Å²) >= 11 is 3.41. The fourth-order valence-electron chi connectivity index (χ4n) is 2.33. The molecule has 0 aliphatic rings. The average Bonchev–Trinajstić information content (AvgIpc) is 2.51. The summed E-state index contributed by atoms with van der Waals surface area (Å²) in [5, 5.41) is 5.88. The van der Waals surface area contributed by atoms with E-state index < -0.39 is 0 Å². The van der Waals surface area contributed by atoms with Crippen molar-refractivity contribution in [2.24, 2.45) is 0 Å². The van der Waals surface area contributed by atoms with E-state index >= 15 is 0 Å². The summed E-state index contributed by atoms with van der Waals surface area (Å²) in [5.41, 5.74) is 4.37. The lowest BCUT2D eigenvalue weighted by Crippen LogP contribution is -2.31. The Morgan fingerprint density at radius 2 is 1.86 bits per heavy atom. The Hall–Kier alpha value is -1.81.